The number of nitrogens with one attached hydrogen (secondary N) is 2. The van der Waals surface area contributed by atoms with Crippen molar-refractivity contribution in [2.45, 2.75) is 24.9 Å². The van der Waals surface area contributed by atoms with Gasteiger partial charge in [0.2, 0.25) is 5.91 Å². The van der Waals surface area contributed by atoms with Crippen LogP contribution in [0.5, 0.6) is 5.75 Å². The number of para-hydroxylation sites is 1. The Morgan fingerprint density at radius 1 is 1.22 bits per heavy atom. The zero-order valence-corrected chi connectivity index (χ0v) is 12.5. The van der Waals surface area contributed by atoms with Crippen molar-refractivity contribution in [3.8, 4) is 5.75 Å². The Balaban J connectivity index is 1.44. The molecule has 1 fully saturated rings. The number of ether oxygens (including phenoxy) is 1. The van der Waals surface area contributed by atoms with Crippen LogP contribution in [0, 0.1) is 0 Å². The molecular weight excluding hydrogens is 296 g/mol. The first kappa shape index (κ1) is 15.1. The number of furan rings is 1. The molecule has 0 aliphatic carbocycles. The lowest BCUT2D eigenvalue weighted by Gasteiger charge is -2.37. The van der Waals surface area contributed by atoms with Gasteiger partial charge in [0.05, 0.1) is 12.3 Å². The topological polar surface area (TPSA) is 80.6 Å². The summed E-state index contributed by atoms with van der Waals surface area (Å²) in [5.41, 5.74) is 0. The van der Waals surface area contributed by atoms with Crippen LogP contribution >= 0.6 is 0 Å². The number of carbonyl (C=O) groups excluding carboxylic acids is 2. The molecule has 0 spiro atoms. The monoisotopic (exact) mass is 314 g/mol. The first-order chi connectivity index (χ1) is 11.2. The summed E-state index contributed by atoms with van der Waals surface area (Å²) in [5, 5.41) is 5.51. The maximum atomic E-state index is 11.9. The zero-order chi connectivity index (χ0) is 16.1. The van der Waals surface area contributed by atoms with Gasteiger partial charge in [-0.25, -0.2) is 0 Å². The van der Waals surface area contributed by atoms with Gasteiger partial charge in [-0.15, -0.1) is 0 Å². The van der Waals surface area contributed by atoms with Gasteiger partial charge >= 0.3 is 0 Å². The first-order valence-corrected chi connectivity index (χ1v) is 7.52. The van der Waals surface area contributed by atoms with Crippen LogP contribution in [0.2, 0.25) is 0 Å². The van der Waals surface area contributed by atoms with Gasteiger partial charge in [0.1, 0.15) is 17.6 Å². The molecule has 2 heterocycles. The van der Waals surface area contributed by atoms with Crippen LogP contribution in [0.1, 0.15) is 12.2 Å². The summed E-state index contributed by atoms with van der Waals surface area (Å²) in [6.45, 7) is -0.112. The highest BCUT2D eigenvalue weighted by molar-refractivity contribution is 5.93. The lowest BCUT2D eigenvalue weighted by atomic mass is 9.94. The van der Waals surface area contributed by atoms with E-state index in [1.807, 2.05) is 30.3 Å². The average Bonchev–Trinajstić information content (AvgIpc) is 3.09. The SMILES string of the molecule is O=C(COc1ccccc1)NC1C(=O)N[C@@H]1CCc1ccco1. The van der Waals surface area contributed by atoms with Crippen molar-refractivity contribution < 1.29 is 18.7 Å². The second kappa shape index (κ2) is 7.00. The zero-order valence-electron chi connectivity index (χ0n) is 12.5. The smallest absolute Gasteiger partial charge is 0.258 e. The minimum Gasteiger partial charge on any atom is -0.484 e. The first-order valence-electron chi connectivity index (χ1n) is 7.52. The molecule has 2 N–H and O–H groups in total. The second-order valence-corrected chi connectivity index (χ2v) is 5.38. The number of rotatable bonds is 7. The van der Waals surface area contributed by atoms with Gasteiger partial charge in [0.25, 0.3) is 5.91 Å². The minimum absolute atomic E-state index is 0.0757. The highest BCUT2D eigenvalue weighted by Crippen LogP contribution is 2.14. The van der Waals surface area contributed by atoms with Crippen molar-refractivity contribution in [3.63, 3.8) is 0 Å². The van der Waals surface area contributed by atoms with Crippen molar-refractivity contribution in [1.82, 2.24) is 10.6 Å². The minimum atomic E-state index is -0.503. The van der Waals surface area contributed by atoms with Gasteiger partial charge in [0, 0.05) is 6.42 Å². The van der Waals surface area contributed by atoms with Crippen molar-refractivity contribution >= 4 is 11.8 Å². The van der Waals surface area contributed by atoms with Gasteiger partial charge in [-0.05, 0) is 30.7 Å². The van der Waals surface area contributed by atoms with Crippen molar-refractivity contribution in [1.29, 1.82) is 0 Å². The Bertz CT molecular complexity index is 654. The largest absolute Gasteiger partial charge is 0.484 e. The molecule has 2 amide bonds. The molecule has 1 aliphatic heterocycles. The van der Waals surface area contributed by atoms with Crippen LogP contribution in [0.4, 0.5) is 0 Å². The maximum absolute atomic E-state index is 11.9. The quantitative estimate of drug-likeness (QED) is 0.754. The molecule has 3 rings (SSSR count). The van der Waals surface area contributed by atoms with Crippen LogP contribution in [-0.4, -0.2) is 30.5 Å². The molecular formula is C17H18N2O4. The van der Waals surface area contributed by atoms with Crippen LogP contribution in [0.3, 0.4) is 0 Å². The second-order valence-electron chi connectivity index (χ2n) is 5.38. The average molecular weight is 314 g/mol. The fourth-order valence-corrected chi connectivity index (χ4v) is 2.48. The summed E-state index contributed by atoms with van der Waals surface area (Å²) in [7, 11) is 0. The molecule has 2 aromatic rings. The lowest BCUT2D eigenvalue weighted by Crippen LogP contribution is -2.69. The summed E-state index contributed by atoms with van der Waals surface area (Å²) in [6, 6.07) is 12.2. The molecule has 1 unspecified atom stereocenters. The number of β-lactam (4-membered cyclic amide) rings is 1. The highest BCUT2D eigenvalue weighted by atomic mass is 16.5. The number of carbonyl (C=O) groups is 2. The molecule has 0 bridgehead atoms. The van der Waals surface area contributed by atoms with E-state index in [9.17, 15) is 9.59 Å². The third-order valence-electron chi connectivity index (χ3n) is 3.72. The van der Waals surface area contributed by atoms with Crippen molar-refractivity contribution in [2.24, 2.45) is 0 Å². The Kier molecular flexibility index (Phi) is 4.61. The van der Waals surface area contributed by atoms with E-state index in [-0.39, 0.29) is 24.5 Å². The van der Waals surface area contributed by atoms with Crippen LogP contribution in [0.15, 0.2) is 53.1 Å². The van der Waals surface area contributed by atoms with E-state index in [2.05, 4.69) is 10.6 Å². The molecule has 6 heteroatoms. The number of amides is 2. The van der Waals surface area contributed by atoms with Gasteiger partial charge in [-0.1, -0.05) is 18.2 Å². The Hall–Kier alpha value is -2.76. The molecule has 1 aromatic carbocycles. The maximum Gasteiger partial charge on any atom is 0.258 e. The molecule has 0 saturated carbocycles. The Morgan fingerprint density at radius 3 is 2.74 bits per heavy atom. The summed E-state index contributed by atoms with van der Waals surface area (Å²) in [6.07, 6.45) is 3.05. The number of aryl methyl sites for hydroxylation is 1. The summed E-state index contributed by atoms with van der Waals surface area (Å²) in [4.78, 5) is 23.5. The van der Waals surface area contributed by atoms with E-state index in [4.69, 9.17) is 9.15 Å². The van der Waals surface area contributed by atoms with E-state index in [0.717, 1.165) is 5.76 Å². The lowest BCUT2D eigenvalue weighted by molar-refractivity contribution is -0.137. The standard InChI is InChI=1S/C17H18N2O4/c20-15(11-23-12-5-2-1-3-6-12)19-16-14(18-17(16)21)9-8-13-7-4-10-22-13/h1-7,10,14,16H,8-9,11H2,(H,18,21)(H,19,20)/t14-,16?/m1/s1. The molecule has 23 heavy (non-hydrogen) atoms. The van der Waals surface area contributed by atoms with Gasteiger partial charge in [-0.3, -0.25) is 9.59 Å². The van der Waals surface area contributed by atoms with E-state index >= 15 is 0 Å². The number of hydrogen-bond donors (Lipinski definition) is 2. The predicted molar refractivity (Wildman–Crippen MR) is 82.8 cm³/mol. The van der Waals surface area contributed by atoms with Crippen LogP contribution < -0.4 is 15.4 Å². The third kappa shape index (κ3) is 3.91. The molecule has 1 aliphatic rings. The number of benzene rings is 1. The molecule has 0 radical (unpaired) electrons. The van der Waals surface area contributed by atoms with Crippen molar-refractivity contribution in [2.75, 3.05) is 6.61 Å². The van der Waals surface area contributed by atoms with E-state index < -0.39 is 6.04 Å². The molecule has 2 atom stereocenters. The summed E-state index contributed by atoms with van der Waals surface area (Å²) in [5.74, 6) is 1.01. The fraction of sp³-hybridized carbons (Fsp3) is 0.294. The van der Waals surface area contributed by atoms with E-state index in [1.54, 1.807) is 18.4 Å². The normalized spacial score (nSPS) is 19.6. The Morgan fingerprint density at radius 2 is 2.04 bits per heavy atom. The van der Waals surface area contributed by atoms with Gasteiger partial charge in [-0.2, -0.15) is 0 Å². The summed E-state index contributed by atoms with van der Waals surface area (Å²) >= 11 is 0. The fourth-order valence-electron chi connectivity index (χ4n) is 2.48. The molecule has 1 aromatic heterocycles. The molecule has 6 nitrogen and oxygen atoms in total. The van der Waals surface area contributed by atoms with Crippen LogP contribution in [0.25, 0.3) is 0 Å². The Labute approximate surface area is 133 Å². The van der Waals surface area contributed by atoms with E-state index in [1.165, 1.54) is 0 Å². The van der Waals surface area contributed by atoms with Gasteiger partial charge < -0.3 is 19.8 Å². The molecule has 1 saturated heterocycles. The highest BCUT2D eigenvalue weighted by Gasteiger charge is 2.39. The third-order valence-corrected chi connectivity index (χ3v) is 3.72. The predicted octanol–water partition coefficient (Wildman–Crippen LogP) is 1.27. The molecule has 120 valence electrons. The summed E-state index contributed by atoms with van der Waals surface area (Å²) < 4.78 is 10.6. The van der Waals surface area contributed by atoms with Crippen LogP contribution in [-0.2, 0) is 16.0 Å². The van der Waals surface area contributed by atoms with Crippen molar-refractivity contribution in [3.05, 3.63) is 54.5 Å². The van der Waals surface area contributed by atoms with E-state index in [0.29, 0.717) is 18.6 Å². The van der Waals surface area contributed by atoms with Gasteiger partial charge in [0.15, 0.2) is 6.61 Å². The number of hydrogen-bond acceptors (Lipinski definition) is 4.